The third-order valence-electron chi connectivity index (χ3n) is 7.88. The van der Waals surface area contributed by atoms with Crippen LogP contribution in [0.4, 0.5) is 4.79 Å². The number of hydroxylamine groups is 1. The Morgan fingerprint density at radius 2 is 0.812 bits per heavy atom. The van der Waals surface area contributed by atoms with E-state index in [4.69, 9.17) is 77.9 Å². The van der Waals surface area contributed by atoms with Crippen LogP contribution in [0.1, 0.15) is 59.3 Å². The molecule has 0 spiro atoms. The number of Topliss-reactive ketones (excluding diaryl/α,β-unsaturated/α-hetero) is 2. The predicted molar refractivity (Wildman–Crippen MR) is 233 cm³/mol. The van der Waals surface area contributed by atoms with Gasteiger partial charge in [0.2, 0.25) is 5.91 Å². The molecule has 22 heteroatoms. The van der Waals surface area contributed by atoms with Crippen LogP contribution in [0.25, 0.3) is 0 Å². The first kappa shape index (κ1) is 61.5. The first-order valence-electron chi connectivity index (χ1n) is 22.4. The molecule has 0 bridgehead atoms. The molecular weight excluding hydrogens is 848 g/mol. The highest BCUT2D eigenvalue weighted by molar-refractivity contribution is 5.90. The van der Waals surface area contributed by atoms with E-state index in [1.807, 2.05) is 0 Å². The Balaban J connectivity index is 4.35. The molecule has 1 atom stereocenters. The molecule has 64 heavy (non-hydrogen) atoms. The van der Waals surface area contributed by atoms with Gasteiger partial charge in [0.15, 0.2) is 5.78 Å². The van der Waals surface area contributed by atoms with Crippen molar-refractivity contribution in [3.05, 3.63) is 0 Å². The lowest BCUT2D eigenvalue weighted by Crippen LogP contribution is -2.43. The summed E-state index contributed by atoms with van der Waals surface area (Å²) < 4.78 is 70.1. The van der Waals surface area contributed by atoms with E-state index in [1.54, 1.807) is 20.8 Å². The van der Waals surface area contributed by atoms with Gasteiger partial charge in [-0.15, -0.1) is 0 Å². The first-order valence-corrected chi connectivity index (χ1v) is 22.4. The van der Waals surface area contributed by atoms with Crippen LogP contribution in [-0.4, -0.2) is 213 Å². The Morgan fingerprint density at radius 3 is 1.22 bits per heavy atom. The van der Waals surface area contributed by atoms with E-state index >= 15 is 0 Å². The number of amides is 2. The third-order valence-corrected chi connectivity index (χ3v) is 7.88. The normalized spacial score (nSPS) is 12.1. The minimum atomic E-state index is -0.866. The zero-order chi connectivity index (χ0) is 47.0. The van der Waals surface area contributed by atoms with Gasteiger partial charge in [0.05, 0.1) is 151 Å². The number of nitrogens with one attached hydrogen (secondary N) is 2. The maximum Gasteiger partial charge on any atom is 0.431 e. The molecule has 0 rings (SSSR count). The molecule has 0 aliphatic carbocycles. The lowest BCUT2D eigenvalue weighted by atomic mass is 10.00. The monoisotopic (exact) mass is 931 g/mol. The number of ether oxygens (including phenoxy) is 13. The highest BCUT2D eigenvalue weighted by Crippen LogP contribution is 2.08. The van der Waals surface area contributed by atoms with Crippen LogP contribution in [0.15, 0.2) is 0 Å². The summed E-state index contributed by atoms with van der Waals surface area (Å²) in [6.45, 7) is 15.2. The van der Waals surface area contributed by atoms with Crippen LogP contribution < -0.4 is 22.3 Å². The molecule has 2 amide bonds. The Morgan fingerprint density at radius 1 is 0.453 bits per heavy atom. The zero-order valence-electron chi connectivity index (χ0n) is 38.9. The fraction of sp³-hybridized carbons (Fsp3) is 0.905. The van der Waals surface area contributed by atoms with Crippen LogP contribution in [0.5, 0.6) is 0 Å². The Hall–Kier alpha value is -2.52. The van der Waals surface area contributed by atoms with E-state index < -0.39 is 23.6 Å². The molecular formula is C42H82N4O18. The van der Waals surface area contributed by atoms with Crippen molar-refractivity contribution in [3.63, 3.8) is 0 Å². The van der Waals surface area contributed by atoms with Crippen LogP contribution in [-0.2, 0) is 80.8 Å². The summed E-state index contributed by atoms with van der Waals surface area (Å²) in [5.41, 5.74) is 12.2. The summed E-state index contributed by atoms with van der Waals surface area (Å²) in [5.74, 6) is -0.745. The van der Waals surface area contributed by atoms with Crippen molar-refractivity contribution >= 4 is 23.6 Å². The summed E-state index contributed by atoms with van der Waals surface area (Å²) in [7, 11) is 0. The number of hydrogen-bond donors (Lipinski definition) is 4. The second-order valence-corrected chi connectivity index (χ2v) is 14.7. The molecule has 0 aliphatic heterocycles. The first-order chi connectivity index (χ1) is 31.1. The van der Waals surface area contributed by atoms with Crippen LogP contribution >= 0.6 is 0 Å². The summed E-state index contributed by atoms with van der Waals surface area (Å²) in [5, 5.41) is 2.72. The van der Waals surface area contributed by atoms with Gasteiger partial charge in [0.1, 0.15) is 18.0 Å². The van der Waals surface area contributed by atoms with E-state index in [1.165, 1.54) is 0 Å². The predicted octanol–water partition coefficient (Wildman–Crippen LogP) is 0.523. The highest BCUT2D eigenvalue weighted by atomic mass is 16.7. The number of ketones is 2. The molecule has 0 unspecified atom stereocenters. The van der Waals surface area contributed by atoms with Crippen molar-refractivity contribution in [1.29, 1.82) is 0 Å². The van der Waals surface area contributed by atoms with Crippen molar-refractivity contribution in [1.82, 2.24) is 10.8 Å². The summed E-state index contributed by atoms with van der Waals surface area (Å²) in [6, 6.07) is -0.866. The molecule has 0 heterocycles. The molecule has 0 aromatic rings. The molecule has 0 radical (unpaired) electrons. The molecule has 0 aromatic heterocycles. The van der Waals surface area contributed by atoms with Gasteiger partial charge in [-0.3, -0.25) is 19.2 Å². The number of nitrogens with two attached hydrogens (primary N) is 2. The van der Waals surface area contributed by atoms with Crippen molar-refractivity contribution < 1.29 is 85.6 Å². The smallest absolute Gasteiger partial charge is 0.431 e. The molecule has 0 fully saturated rings. The van der Waals surface area contributed by atoms with E-state index in [-0.39, 0.29) is 70.3 Å². The maximum absolute atomic E-state index is 13.2. The summed E-state index contributed by atoms with van der Waals surface area (Å²) in [6.07, 6.45) is 0.928. The SMILES string of the molecule is CC(C)(C)OC(=O)NOCCOCCOCC(=O)N[C@H](CCC(=O)CCCOCCOCCOCCOCCOCCN)C(=O)CCCOCCOCCOCCOCCOCCN. The summed E-state index contributed by atoms with van der Waals surface area (Å²) >= 11 is 0. The Kier molecular flexibility index (Phi) is 45.1. The number of hydrogen-bond acceptors (Lipinski definition) is 20. The molecule has 378 valence electrons. The second-order valence-electron chi connectivity index (χ2n) is 14.7. The molecule has 0 saturated carbocycles. The second kappa shape index (κ2) is 47.0. The fourth-order valence-electron chi connectivity index (χ4n) is 4.90. The van der Waals surface area contributed by atoms with E-state index in [2.05, 4.69) is 10.8 Å². The van der Waals surface area contributed by atoms with E-state index in [0.717, 1.165) is 0 Å². The lowest BCUT2D eigenvalue weighted by Gasteiger charge is -2.19. The van der Waals surface area contributed by atoms with Crippen LogP contribution in [0.3, 0.4) is 0 Å². The lowest BCUT2D eigenvalue weighted by molar-refractivity contribution is -0.131. The molecule has 0 saturated heterocycles. The van der Waals surface area contributed by atoms with Crippen molar-refractivity contribution in [2.24, 2.45) is 11.5 Å². The van der Waals surface area contributed by atoms with Gasteiger partial charge in [-0.1, -0.05) is 0 Å². The van der Waals surface area contributed by atoms with Gasteiger partial charge in [-0.2, -0.15) is 5.48 Å². The van der Waals surface area contributed by atoms with Crippen molar-refractivity contribution in [2.45, 2.75) is 70.9 Å². The average molecular weight is 931 g/mol. The van der Waals surface area contributed by atoms with Gasteiger partial charge < -0.3 is 78.4 Å². The topological polar surface area (TPSA) is 274 Å². The van der Waals surface area contributed by atoms with Gasteiger partial charge in [0.25, 0.3) is 0 Å². The highest BCUT2D eigenvalue weighted by Gasteiger charge is 2.22. The van der Waals surface area contributed by atoms with E-state index in [0.29, 0.717) is 158 Å². The van der Waals surface area contributed by atoms with Gasteiger partial charge in [-0.05, 0) is 40.0 Å². The van der Waals surface area contributed by atoms with E-state index in [9.17, 15) is 19.2 Å². The third kappa shape index (κ3) is 47.4. The maximum atomic E-state index is 13.2. The van der Waals surface area contributed by atoms with Gasteiger partial charge >= 0.3 is 6.09 Å². The quantitative estimate of drug-likeness (QED) is 0.0478. The van der Waals surface area contributed by atoms with Gasteiger partial charge in [0, 0.05) is 45.6 Å². The Bertz CT molecular complexity index is 1090. The number of carbonyl (C=O) groups excluding carboxylic acids is 4. The zero-order valence-corrected chi connectivity index (χ0v) is 38.9. The van der Waals surface area contributed by atoms with Crippen molar-refractivity contribution in [2.75, 3.05) is 178 Å². The average Bonchev–Trinajstić information content (AvgIpc) is 3.25. The summed E-state index contributed by atoms with van der Waals surface area (Å²) in [4.78, 5) is 55.2. The number of carbonyl (C=O) groups is 4. The minimum Gasteiger partial charge on any atom is -0.442 e. The molecule has 6 N–H and O–H groups in total. The molecule has 0 aliphatic rings. The van der Waals surface area contributed by atoms with Gasteiger partial charge in [-0.25, -0.2) is 4.79 Å². The Labute approximate surface area is 380 Å². The molecule has 0 aromatic carbocycles. The largest absolute Gasteiger partial charge is 0.442 e. The minimum absolute atomic E-state index is 0.0407. The molecule has 22 nitrogen and oxygen atoms in total. The van der Waals surface area contributed by atoms with Crippen LogP contribution in [0.2, 0.25) is 0 Å². The number of rotatable bonds is 50. The van der Waals surface area contributed by atoms with Crippen molar-refractivity contribution in [3.8, 4) is 0 Å². The fourth-order valence-corrected chi connectivity index (χ4v) is 4.90. The van der Waals surface area contributed by atoms with Crippen LogP contribution in [0, 0.1) is 0 Å². The standard InChI is InChI=1S/C42H82N4O18/c1-42(2,3)64-41(50)46-63-35-34-61-32-33-62-36-40(49)45-38(39(48)7-5-13-52-17-21-56-25-29-60-31-27-58-23-19-54-15-11-44)9-8-37(47)6-4-12-51-16-20-55-24-28-59-30-26-57-22-18-53-14-10-43/h38H,4-36,43-44H2,1-3H3,(H,45,49)(H,46,50)/t38-/m1/s1.